The summed E-state index contributed by atoms with van der Waals surface area (Å²) < 4.78 is 14.5. The van der Waals surface area contributed by atoms with Crippen LogP contribution in [0.4, 0.5) is 0 Å². The number of hydrogen-bond acceptors (Lipinski definition) is 4. The van der Waals surface area contributed by atoms with Gasteiger partial charge < -0.3 is 9.47 Å². The molecule has 0 aromatic heterocycles. The second-order valence-electron chi connectivity index (χ2n) is 8.63. The first kappa shape index (κ1) is 22.4. The quantitative estimate of drug-likeness (QED) is 0.236. The molecule has 4 aromatic rings. The molecule has 6 rings (SSSR count). The van der Waals surface area contributed by atoms with Crippen LogP contribution in [0.1, 0.15) is 40.9 Å². The van der Waals surface area contributed by atoms with Gasteiger partial charge in [0.15, 0.2) is 0 Å². The Bertz CT molecular complexity index is 1380. The molecule has 0 saturated heterocycles. The lowest BCUT2D eigenvalue weighted by Gasteiger charge is -2.38. The van der Waals surface area contributed by atoms with Crippen molar-refractivity contribution >= 4 is 37.6 Å². The third-order valence-corrected chi connectivity index (χ3v) is 7.38. The van der Waals surface area contributed by atoms with Crippen LogP contribution in [0.15, 0.2) is 111 Å². The van der Waals surface area contributed by atoms with Gasteiger partial charge in [0, 0.05) is 22.0 Å². The third kappa shape index (κ3) is 4.48. The van der Waals surface area contributed by atoms with E-state index >= 15 is 0 Å². The highest BCUT2D eigenvalue weighted by molar-refractivity contribution is 9.11. The summed E-state index contributed by atoms with van der Waals surface area (Å²) in [5.41, 5.74) is 5.50. The number of ether oxygens (including phenoxy) is 2. The minimum absolute atomic E-state index is 0.0850. The van der Waals surface area contributed by atoms with Crippen LogP contribution in [-0.2, 0) is 6.61 Å². The molecule has 0 unspecified atom stereocenters. The molecule has 2 atom stereocenters. The zero-order chi connectivity index (χ0) is 23.8. The zero-order valence-corrected chi connectivity index (χ0v) is 21.9. The number of hydrazone groups is 1. The van der Waals surface area contributed by atoms with Crippen molar-refractivity contribution in [2.75, 3.05) is 0 Å². The summed E-state index contributed by atoms with van der Waals surface area (Å²) in [6, 6.07) is 32.9. The molecule has 2 heterocycles. The molecule has 0 spiro atoms. The Labute approximate surface area is 221 Å². The Morgan fingerprint density at radius 2 is 1.60 bits per heavy atom. The van der Waals surface area contributed by atoms with E-state index < -0.39 is 0 Å². The molecule has 0 amide bonds. The summed E-state index contributed by atoms with van der Waals surface area (Å²) >= 11 is 7.36. The fraction of sp³-hybridized carbons (Fsp3) is 0.138. The third-order valence-electron chi connectivity index (χ3n) is 6.33. The number of fused-ring (bicyclic) bond motifs is 3. The van der Waals surface area contributed by atoms with E-state index in [0.29, 0.717) is 6.61 Å². The summed E-state index contributed by atoms with van der Waals surface area (Å²) in [7, 11) is 0. The van der Waals surface area contributed by atoms with Crippen molar-refractivity contribution in [1.29, 1.82) is 0 Å². The molecule has 0 fully saturated rings. The minimum atomic E-state index is -0.339. The van der Waals surface area contributed by atoms with Gasteiger partial charge in [-0.05, 0) is 63.5 Å². The SMILES string of the molecule is Brc1cc(Br)c2c(c1)[C@H]1CC(c3ccccc3)=NN1[C@@H](c1ccc(OCc3ccccc3)cc1)O2. The molecule has 4 aromatic carbocycles. The van der Waals surface area contributed by atoms with Gasteiger partial charge in [0.05, 0.1) is 16.2 Å². The highest BCUT2D eigenvalue weighted by Crippen LogP contribution is 2.50. The first-order valence-corrected chi connectivity index (χ1v) is 13.1. The van der Waals surface area contributed by atoms with Gasteiger partial charge in [-0.25, -0.2) is 5.01 Å². The van der Waals surface area contributed by atoms with Gasteiger partial charge in [-0.2, -0.15) is 5.10 Å². The van der Waals surface area contributed by atoms with E-state index in [0.717, 1.165) is 54.8 Å². The number of rotatable bonds is 5. The number of hydrogen-bond donors (Lipinski definition) is 0. The molecule has 2 aliphatic rings. The lowest BCUT2D eigenvalue weighted by molar-refractivity contribution is -0.0197. The number of nitrogens with zero attached hydrogens (tertiary/aromatic N) is 2. The Morgan fingerprint density at radius 1 is 0.886 bits per heavy atom. The van der Waals surface area contributed by atoms with Crippen LogP contribution in [0, 0.1) is 0 Å². The van der Waals surface area contributed by atoms with Crippen LogP contribution in [0.3, 0.4) is 0 Å². The first-order chi connectivity index (χ1) is 17.2. The van der Waals surface area contributed by atoms with Gasteiger partial charge in [0.25, 0.3) is 0 Å². The molecule has 0 saturated carbocycles. The van der Waals surface area contributed by atoms with Crippen molar-refractivity contribution in [2.24, 2.45) is 5.10 Å². The molecule has 2 aliphatic heterocycles. The molecular formula is C29H22Br2N2O2. The maximum atomic E-state index is 6.58. The van der Waals surface area contributed by atoms with Crippen molar-refractivity contribution < 1.29 is 9.47 Å². The summed E-state index contributed by atoms with van der Waals surface area (Å²) in [5, 5.41) is 7.16. The van der Waals surface area contributed by atoms with E-state index in [1.165, 1.54) is 0 Å². The van der Waals surface area contributed by atoms with Gasteiger partial charge in [-0.1, -0.05) is 76.6 Å². The minimum Gasteiger partial charge on any atom is -0.489 e. The molecule has 0 aliphatic carbocycles. The molecule has 4 nitrogen and oxygen atoms in total. The fourth-order valence-electron chi connectivity index (χ4n) is 4.61. The van der Waals surface area contributed by atoms with E-state index in [1.807, 2.05) is 42.5 Å². The molecular weight excluding hydrogens is 568 g/mol. The largest absolute Gasteiger partial charge is 0.489 e. The highest BCUT2D eigenvalue weighted by Gasteiger charge is 2.41. The summed E-state index contributed by atoms with van der Waals surface area (Å²) in [6.07, 6.45) is 0.479. The van der Waals surface area contributed by atoms with E-state index in [9.17, 15) is 0 Å². The number of benzene rings is 4. The summed E-state index contributed by atoms with van der Waals surface area (Å²) in [5.74, 6) is 1.69. The summed E-state index contributed by atoms with van der Waals surface area (Å²) in [4.78, 5) is 0. The van der Waals surface area contributed by atoms with Gasteiger partial charge in [-0.3, -0.25) is 0 Å². The normalized spacial score (nSPS) is 18.3. The van der Waals surface area contributed by atoms with E-state index in [2.05, 4.69) is 91.5 Å². The van der Waals surface area contributed by atoms with Gasteiger partial charge in [0.2, 0.25) is 6.23 Å². The van der Waals surface area contributed by atoms with Gasteiger partial charge in [-0.15, -0.1) is 0 Å². The second-order valence-corrected chi connectivity index (χ2v) is 10.4. The lowest BCUT2D eigenvalue weighted by Crippen LogP contribution is -2.33. The smallest absolute Gasteiger partial charge is 0.213 e. The van der Waals surface area contributed by atoms with Crippen LogP contribution in [0.25, 0.3) is 0 Å². The maximum Gasteiger partial charge on any atom is 0.213 e. The van der Waals surface area contributed by atoms with E-state index in [4.69, 9.17) is 14.6 Å². The number of halogens is 2. The molecule has 0 bridgehead atoms. The van der Waals surface area contributed by atoms with Gasteiger partial charge in [0.1, 0.15) is 18.1 Å². The van der Waals surface area contributed by atoms with Gasteiger partial charge >= 0.3 is 0 Å². The molecule has 174 valence electrons. The van der Waals surface area contributed by atoms with Crippen molar-refractivity contribution in [3.05, 3.63) is 128 Å². The topological polar surface area (TPSA) is 34.1 Å². The van der Waals surface area contributed by atoms with Crippen LogP contribution < -0.4 is 9.47 Å². The second kappa shape index (κ2) is 9.51. The zero-order valence-electron chi connectivity index (χ0n) is 18.8. The van der Waals surface area contributed by atoms with Crippen molar-refractivity contribution in [3.63, 3.8) is 0 Å². The average molecular weight is 590 g/mol. The highest BCUT2D eigenvalue weighted by atomic mass is 79.9. The predicted molar refractivity (Wildman–Crippen MR) is 145 cm³/mol. The van der Waals surface area contributed by atoms with Crippen LogP contribution in [0.5, 0.6) is 11.5 Å². The fourth-order valence-corrected chi connectivity index (χ4v) is 5.96. The van der Waals surface area contributed by atoms with Crippen LogP contribution in [-0.4, -0.2) is 10.7 Å². The Hall–Kier alpha value is -3.09. The van der Waals surface area contributed by atoms with Crippen molar-refractivity contribution in [1.82, 2.24) is 5.01 Å². The molecule has 35 heavy (non-hydrogen) atoms. The Morgan fingerprint density at radius 3 is 2.34 bits per heavy atom. The maximum absolute atomic E-state index is 6.58. The van der Waals surface area contributed by atoms with E-state index in [-0.39, 0.29) is 12.3 Å². The molecule has 0 N–H and O–H groups in total. The lowest BCUT2D eigenvalue weighted by atomic mass is 9.96. The Balaban J connectivity index is 1.32. The summed E-state index contributed by atoms with van der Waals surface area (Å²) in [6.45, 7) is 0.536. The van der Waals surface area contributed by atoms with Crippen LogP contribution >= 0.6 is 31.9 Å². The van der Waals surface area contributed by atoms with Crippen LogP contribution in [0.2, 0.25) is 0 Å². The standard InChI is InChI=1S/C29H22Br2N2O2/c30-22-15-24-27-17-26(20-9-5-2-6-10-20)32-33(27)29(35-28(24)25(31)16-22)21-11-13-23(14-12-21)34-18-19-7-3-1-4-8-19/h1-16,27,29H,17-18H2/t27-,29-/m1/s1. The first-order valence-electron chi connectivity index (χ1n) is 11.5. The van der Waals surface area contributed by atoms with Crippen molar-refractivity contribution in [3.8, 4) is 11.5 Å². The average Bonchev–Trinajstić information content (AvgIpc) is 3.35. The monoisotopic (exact) mass is 588 g/mol. The van der Waals surface area contributed by atoms with E-state index in [1.54, 1.807) is 0 Å². The Kier molecular flexibility index (Phi) is 6.08. The molecule has 0 radical (unpaired) electrons. The molecule has 6 heteroatoms. The van der Waals surface area contributed by atoms with Crippen molar-refractivity contribution in [2.45, 2.75) is 25.3 Å². The predicted octanol–water partition coefficient (Wildman–Crippen LogP) is 8.03.